The third-order valence-corrected chi connectivity index (χ3v) is 3.53. The second kappa shape index (κ2) is 6.14. The summed E-state index contributed by atoms with van der Waals surface area (Å²) in [5.74, 6) is -1.10. The van der Waals surface area contributed by atoms with E-state index in [-0.39, 0.29) is 22.5 Å². The minimum Gasteiger partial charge on any atom is -0.359 e. The Balaban J connectivity index is 2.76. The Morgan fingerprint density at radius 3 is 2.58 bits per heavy atom. The highest BCUT2D eigenvalue weighted by molar-refractivity contribution is 9.10. The van der Waals surface area contributed by atoms with Gasteiger partial charge in [0.15, 0.2) is 0 Å². The standard InChI is InChI=1S/C13H16BrFN2O2/c1-13(2,12(19)16-3)7-17-11(18)8-5-4-6-9(15)10(8)14/h4-6H,7H2,1-3H3,(H,16,19)(H,17,18). The first-order chi connectivity index (χ1) is 8.79. The Kier molecular flexibility index (Phi) is 5.05. The summed E-state index contributed by atoms with van der Waals surface area (Å²) in [5.41, 5.74) is -0.530. The van der Waals surface area contributed by atoms with Gasteiger partial charge in [-0.2, -0.15) is 0 Å². The molecule has 1 rings (SSSR count). The summed E-state index contributed by atoms with van der Waals surface area (Å²) in [6.45, 7) is 3.59. The normalized spacial score (nSPS) is 11.0. The van der Waals surface area contributed by atoms with Crippen LogP contribution in [0.4, 0.5) is 4.39 Å². The number of rotatable bonds is 4. The molecule has 2 amide bonds. The number of halogens is 2. The third-order valence-electron chi connectivity index (χ3n) is 2.73. The van der Waals surface area contributed by atoms with Crippen LogP contribution in [0.3, 0.4) is 0 Å². The summed E-state index contributed by atoms with van der Waals surface area (Å²) < 4.78 is 13.4. The summed E-state index contributed by atoms with van der Waals surface area (Å²) in [7, 11) is 1.54. The van der Waals surface area contributed by atoms with E-state index in [0.717, 1.165) is 0 Å². The Bertz CT molecular complexity index is 503. The summed E-state index contributed by atoms with van der Waals surface area (Å²) in [6, 6.07) is 4.23. The van der Waals surface area contributed by atoms with Gasteiger partial charge in [-0.25, -0.2) is 4.39 Å². The van der Waals surface area contributed by atoms with Gasteiger partial charge in [-0.1, -0.05) is 6.07 Å². The molecule has 0 aliphatic heterocycles. The molecule has 1 aromatic rings. The molecule has 0 bridgehead atoms. The maximum Gasteiger partial charge on any atom is 0.252 e. The van der Waals surface area contributed by atoms with Gasteiger partial charge < -0.3 is 10.6 Å². The lowest BCUT2D eigenvalue weighted by Gasteiger charge is -2.22. The number of carbonyl (C=O) groups excluding carboxylic acids is 2. The van der Waals surface area contributed by atoms with Gasteiger partial charge in [0.1, 0.15) is 5.82 Å². The lowest BCUT2D eigenvalue weighted by atomic mass is 9.92. The van der Waals surface area contributed by atoms with Crippen LogP contribution in [0.2, 0.25) is 0 Å². The fourth-order valence-corrected chi connectivity index (χ4v) is 1.94. The predicted molar refractivity (Wildman–Crippen MR) is 74.3 cm³/mol. The topological polar surface area (TPSA) is 58.2 Å². The van der Waals surface area contributed by atoms with Crippen LogP contribution in [0.25, 0.3) is 0 Å². The first-order valence-electron chi connectivity index (χ1n) is 5.74. The summed E-state index contributed by atoms with van der Waals surface area (Å²) in [5, 5.41) is 5.16. The number of hydrogen-bond acceptors (Lipinski definition) is 2. The summed E-state index contributed by atoms with van der Waals surface area (Å²) in [6.07, 6.45) is 0. The lowest BCUT2D eigenvalue weighted by Crippen LogP contribution is -2.43. The Morgan fingerprint density at radius 1 is 1.37 bits per heavy atom. The van der Waals surface area contributed by atoms with Gasteiger partial charge in [-0.05, 0) is 41.9 Å². The maximum absolute atomic E-state index is 13.3. The zero-order valence-corrected chi connectivity index (χ0v) is 12.6. The molecule has 0 atom stereocenters. The minimum absolute atomic E-state index is 0.116. The molecule has 6 heteroatoms. The van der Waals surface area contributed by atoms with E-state index in [2.05, 4.69) is 26.6 Å². The fraction of sp³-hybridized carbons (Fsp3) is 0.385. The van der Waals surface area contributed by atoms with Crippen LogP contribution in [-0.4, -0.2) is 25.4 Å². The molecule has 0 heterocycles. The van der Waals surface area contributed by atoms with Crippen LogP contribution in [-0.2, 0) is 4.79 Å². The van der Waals surface area contributed by atoms with Crippen LogP contribution in [0.5, 0.6) is 0 Å². The average Bonchev–Trinajstić information content (AvgIpc) is 2.38. The molecule has 0 saturated heterocycles. The molecule has 2 N–H and O–H groups in total. The maximum atomic E-state index is 13.3. The summed E-state index contributed by atoms with van der Waals surface area (Å²) >= 11 is 3.03. The second-order valence-corrected chi connectivity index (χ2v) is 5.54. The molecule has 0 unspecified atom stereocenters. The van der Waals surface area contributed by atoms with Gasteiger partial charge in [-0.15, -0.1) is 0 Å². The average molecular weight is 331 g/mol. The molecule has 0 spiro atoms. The monoisotopic (exact) mass is 330 g/mol. The van der Waals surface area contributed by atoms with Gasteiger partial charge in [0.25, 0.3) is 5.91 Å². The van der Waals surface area contributed by atoms with Crippen molar-refractivity contribution in [1.82, 2.24) is 10.6 Å². The highest BCUT2D eigenvalue weighted by atomic mass is 79.9. The van der Waals surface area contributed by atoms with E-state index in [4.69, 9.17) is 0 Å². The Labute approximate surface area is 119 Å². The predicted octanol–water partition coefficient (Wildman–Crippen LogP) is 2.09. The number of amides is 2. The van der Waals surface area contributed by atoms with E-state index in [1.165, 1.54) is 25.2 Å². The molecular formula is C13H16BrFN2O2. The quantitative estimate of drug-likeness (QED) is 0.888. The van der Waals surface area contributed by atoms with Gasteiger partial charge >= 0.3 is 0 Å². The number of carbonyl (C=O) groups is 2. The van der Waals surface area contributed by atoms with E-state index in [9.17, 15) is 14.0 Å². The van der Waals surface area contributed by atoms with Gasteiger partial charge in [0.2, 0.25) is 5.91 Å². The van der Waals surface area contributed by atoms with Crippen molar-refractivity contribution in [3.63, 3.8) is 0 Å². The second-order valence-electron chi connectivity index (χ2n) is 4.75. The largest absolute Gasteiger partial charge is 0.359 e. The highest BCUT2D eigenvalue weighted by Gasteiger charge is 2.27. The van der Waals surface area contributed by atoms with Gasteiger partial charge in [-0.3, -0.25) is 9.59 Å². The molecule has 0 saturated carbocycles. The van der Waals surface area contributed by atoms with Crippen molar-refractivity contribution in [2.75, 3.05) is 13.6 Å². The van der Waals surface area contributed by atoms with E-state index in [1.54, 1.807) is 13.8 Å². The fourth-order valence-electron chi connectivity index (χ4n) is 1.49. The van der Waals surface area contributed by atoms with Crippen molar-refractivity contribution in [3.8, 4) is 0 Å². The van der Waals surface area contributed by atoms with Crippen molar-refractivity contribution >= 4 is 27.7 Å². The van der Waals surface area contributed by atoms with Crippen molar-refractivity contribution in [1.29, 1.82) is 0 Å². The Hall–Kier alpha value is -1.43. The molecule has 19 heavy (non-hydrogen) atoms. The SMILES string of the molecule is CNC(=O)C(C)(C)CNC(=O)c1cccc(F)c1Br. The van der Waals surface area contributed by atoms with Crippen molar-refractivity contribution < 1.29 is 14.0 Å². The third kappa shape index (κ3) is 3.76. The first-order valence-corrected chi connectivity index (χ1v) is 6.53. The zero-order chi connectivity index (χ0) is 14.6. The van der Waals surface area contributed by atoms with Crippen molar-refractivity contribution in [2.24, 2.45) is 5.41 Å². The van der Waals surface area contributed by atoms with Crippen LogP contribution in [0.1, 0.15) is 24.2 Å². The van der Waals surface area contributed by atoms with E-state index < -0.39 is 17.1 Å². The number of hydrogen-bond donors (Lipinski definition) is 2. The molecule has 0 aliphatic rings. The van der Waals surface area contributed by atoms with Crippen LogP contribution >= 0.6 is 15.9 Å². The molecule has 104 valence electrons. The van der Waals surface area contributed by atoms with E-state index in [0.29, 0.717) is 0 Å². The minimum atomic E-state index is -0.732. The molecule has 0 fully saturated rings. The summed E-state index contributed by atoms with van der Waals surface area (Å²) in [4.78, 5) is 23.5. The van der Waals surface area contributed by atoms with Crippen LogP contribution in [0.15, 0.2) is 22.7 Å². The van der Waals surface area contributed by atoms with E-state index >= 15 is 0 Å². The Morgan fingerprint density at radius 2 is 2.00 bits per heavy atom. The molecule has 0 aliphatic carbocycles. The zero-order valence-electron chi connectivity index (χ0n) is 11.0. The smallest absolute Gasteiger partial charge is 0.252 e. The molecule has 1 aromatic carbocycles. The van der Waals surface area contributed by atoms with Crippen LogP contribution in [0, 0.1) is 11.2 Å². The van der Waals surface area contributed by atoms with Gasteiger partial charge in [0, 0.05) is 13.6 Å². The van der Waals surface area contributed by atoms with Gasteiger partial charge in [0.05, 0.1) is 15.5 Å². The molecule has 0 radical (unpaired) electrons. The molecular weight excluding hydrogens is 315 g/mol. The van der Waals surface area contributed by atoms with Crippen molar-refractivity contribution in [2.45, 2.75) is 13.8 Å². The lowest BCUT2D eigenvalue weighted by molar-refractivity contribution is -0.128. The first kappa shape index (κ1) is 15.6. The van der Waals surface area contributed by atoms with E-state index in [1.807, 2.05) is 0 Å². The van der Waals surface area contributed by atoms with Crippen LogP contribution < -0.4 is 10.6 Å². The number of benzene rings is 1. The van der Waals surface area contributed by atoms with Crippen molar-refractivity contribution in [3.05, 3.63) is 34.1 Å². The molecule has 4 nitrogen and oxygen atoms in total. The highest BCUT2D eigenvalue weighted by Crippen LogP contribution is 2.21. The number of nitrogens with one attached hydrogen (secondary N) is 2. The molecule has 0 aromatic heterocycles.